The van der Waals surface area contributed by atoms with E-state index in [1.165, 1.54) is 16.3 Å². The van der Waals surface area contributed by atoms with E-state index >= 15 is 0 Å². The van der Waals surface area contributed by atoms with Crippen LogP contribution in [-0.4, -0.2) is 57.1 Å². The van der Waals surface area contributed by atoms with E-state index in [2.05, 4.69) is 5.32 Å². The Kier molecular flexibility index (Phi) is 11.5. The lowest BCUT2D eigenvalue weighted by Crippen LogP contribution is -2.50. The van der Waals surface area contributed by atoms with E-state index in [0.717, 1.165) is 6.26 Å². The van der Waals surface area contributed by atoms with Crippen LogP contribution >= 0.6 is 23.2 Å². The topological polar surface area (TPSA) is 96.0 Å². The Balaban J connectivity index is 2.30. The number of rotatable bonds is 13. The fourth-order valence-corrected chi connectivity index (χ4v) is 5.46. The standard InChI is InChI=1S/C26H35Cl2N3O5S/c1-6-22(26(33)29-18(2)3)30(17-19-20(27)11-9-12-21(19)28)25(32)15-10-16-31(37(5,34)35)23-13-7-8-14-24(23)36-4/h7-9,11-14,18,22H,6,10,15-17H2,1-5H3,(H,29,33)/t22-/m0/s1. The van der Waals surface area contributed by atoms with Crippen molar-refractivity contribution in [1.82, 2.24) is 10.2 Å². The maximum absolute atomic E-state index is 13.5. The molecule has 0 aromatic heterocycles. The van der Waals surface area contributed by atoms with Gasteiger partial charge in [0.1, 0.15) is 11.8 Å². The number of ether oxygens (including phenoxy) is 1. The molecule has 2 amide bonds. The summed E-state index contributed by atoms with van der Waals surface area (Å²) in [6.45, 7) is 5.62. The number of hydrogen-bond donors (Lipinski definition) is 1. The number of halogens is 2. The maximum atomic E-state index is 13.5. The first-order valence-electron chi connectivity index (χ1n) is 12.0. The Morgan fingerprint density at radius 1 is 1.05 bits per heavy atom. The molecule has 37 heavy (non-hydrogen) atoms. The van der Waals surface area contributed by atoms with Crippen molar-refractivity contribution in [3.63, 3.8) is 0 Å². The molecule has 0 radical (unpaired) electrons. The third kappa shape index (κ3) is 8.51. The van der Waals surface area contributed by atoms with E-state index in [1.54, 1.807) is 42.5 Å². The van der Waals surface area contributed by atoms with Crippen LogP contribution < -0.4 is 14.4 Å². The second-order valence-corrected chi connectivity index (χ2v) is 11.6. The van der Waals surface area contributed by atoms with Gasteiger partial charge in [-0.25, -0.2) is 8.42 Å². The minimum atomic E-state index is -3.65. The van der Waals surface area contributed by atoms with E-state index in [9.17, 15) is 18.0 Å². The number of methoxy groups -OCH3 is 1. The van der Waals surface area contributed by atoms with Gasteiger partial charge in [0.25, 0.3) is 0 Å². The molecule has 0 aliphatic carbocycles. The van der Waals surface area contributed by atoms with E-state index in [1.807, 2.05) is 20.8 Å². The fraction of sp³-hybridized carbons (Fsp3) is 0.462. The molecule has 204 valence electrons. The van der Waals surface area contributed by atoms with E-state index in [4.69, 9.17) is 27.9 Å². The summed E-state index contributed by atoms with van der Waals surface area (Å²) in [6.07, 6.45) is 1.72. The Hall–Kier alpha value is -2.49. The summed E-state index contributed by atoms with van der Waals surface area (Å²) in [5, 5.41) is 3.66. The highest BCUT2D eigenvalue weighted by molar-refractivity contribution is 7.92. The first kappa shape index (κ1) is 30.7. The van der Waals surface area contributed by atoms with Gasteiger partial charge in [-0.15, -0.1) is 0 Å². The van der Waals surface area contributed by atoms with Gasteiger partial charge >= 0.3 is 0 Å². The summed E-state index contributed by atoms with van der Waals surface area (Å²) >= 11 is 12.7. The molecule has 2 rings (SSSR count). The van der Waals surface area contributed by atoms with Crippen LogP contribution in [0.15, 0.2) is 42.5 Å². The Morgan fingerprint density at radius 2 is 1.68 bits per heavy atom. The van der Waals surface area contributed by atoms with Crippen molar-refractivity contribution in [3.8, 4) is 5.75 Å². The van der Waals surface area contributed by atoms with Gasteiger partial charge in [0.2, 0.25) is 21.8 Å². The van der Waals surface area contributed by atoms with Crippen molar-refractivity contribution in [2.24, 2.45) is 0 Å². The summed E-state index contributed by atoms with van der Waals surface area (Å²) in [5.41, 5.74) is 0.934. The molecule has 0 spiro atoms. The lowest BCUT2D eigenvalue weighted by atomic mass is 10.1. The smallest absolute Gasteiger partial charge is 0.243 e. The lowest BCUT2D eigenvalue weighted by molar-refractivity contribution is -0.141. The predicted molar refractivity (Wildman–Crippen MR) is 149 cm³/mol. The van der Waals surface area contributed by atoms with Crippen LogP contribution in [0.3, 0.4) is 0 Å². The van der Waals surface area contributed by atoms with Crippen LogP contribution in [0.2, 0.25) is 10.0 Å². The first-order chi connectivity index (χ1) is 17.4. The molecule has 0 aliphatic rings. The minimum Gasteiger partial charge on any atom is -0.495 e. The quantitative estimate of drug-likeness (QED) is 0.369. The third-order valence-electron chi connectivity index (χ3n) is 5.71. The number of hydrogen-bond acceptors (Lipinski definition) is 5. The SMILES string of the molecule is CC[C@@H](C(=O)NC(C)C)N(Cc1c(Cl)cccc1Cl)C(=O)CCCN(c1ccccc1OC)S(C)(=O)=O. The Labute approximate surface area is 229 Å². The van der Waals surface area contributed by atoms with Crippen LogP contribution in [0.4, 0.5) is 5.69 Å². The van der Waals surface area contributed by atoms with E-state index < -0.39 is 16.1 Å². The molecule has 0 saturated heterocycles. The van der Waals surface area contributed by atoms with Gasteiger partial charge in [-0.2, -0.15) is 0 Å². The number of para-hydroxylation sites is 2. The van der Waals surface area contributed by atoms with Crippen molar-refractivity contribution in [2.45, 2.75) is 58.7 Å². The third-order valence-corrected chi connectivity index (χ3v) is 7.60. The highest BCUT2D eigenvalue weighted by atomic mass is 35.5. The molecule has 8 nitrogen and oxygen atoms in total. The molecular weight excluding hydrogens is 537 g/mol. The molecule has 0 bridgehead atoms. The largest absolute Gasteiger partial charge is 0.495 e. The number of amides is 2. The summed E-state index contributed by atoms with van der Waals surface area (Å²) < 4.78 is 31.7. The van der Waals surface area contributed by atoms with Crippen molar-refractivity contribution < 1.29 is 22.7 Å². The number of nitrogens with one attached hydrogen (secondary N) is 1. The molecule has 0 fully saturated rings. The minimum absolute atomic E-state index is 0.00863. The molecule has 0 heterocycles. The first-order valence-corrected chi connectivity index (χ1v) is 14.6. The molecule has 2 aromatic rings. The van der Waals surface area contributed by atoms with Crippen LogP contribution in [0.5, 0.6) is 5.75 Å². The van der Waals surface area contributed by atoms with Crippen LogP contribution in [0, 0.1) is 0 Å². The molecule has 2 aromatic carbocycles. The zero-order valence-electron chi connectivity index (χ0n) is 21.8. The Bertz CT molecular complexity index is 1170. The van der Waals surface area contributed by atoms with Gasteiger partial charge in [0, 0.05) is 41.2 Å². The lowest BCUT2D eigenvalue weighted by Gasteiger charge is -2.32. The number of anilines is 1. The zero-order chi connectivity index (χ0) is 27.8. The van der Waals surface area contributed by atoms with Gasteiger partial charge in [-0.3, -0.25) is 13.9 Å². The van der Waals surface area contributed by atoms with Crippen LogP contribution in [-0.2, 0) is 26.2 Å². The maximum Gasteiger partial charge on any atom is 0.243 e. The zero-order valence-corrected chi connectivity index (χ0v) is 24.2. The normalized spacial score (nSPS) is 12.2. The van der Waals surface area contributed by atoms with Gasteiger partial charge < -0.3 is 15.0 Å². The number of carbonyl (C=O) groups is 2. The fourth-order valence-electron chi connectivity index (χ4n) is 3.97. The average Bonchev–Trinajstić information content (AvgIpc) is 2.82. The highest BCUT2D eigenvalue weighted by Gasteiger charge is 2.30. The van der Waals surface area contributed by atoms with Crippen molar-refractivity contribution >= 4 is 50.7 Å². The van der Waals surface area contributed by atoms with Gasteiger partial charge in [-0.1, -0.05) is 48.3 Å². The van der Waals surface area contributed by atoms with Crippen molar-refractivity contribution in [2.75, 3.05) is 24.2 Å². The molecule has 0 aliphatic heterocycles. The van der Waals surface area contributed by atoms with Gasteiger partial charge in [0.15, 0.2) is 0 Å². The second-order valence-electron chi connectivity index (χ2n) is 8.92. The molecule has 0 saturated carbocycles. The summed E-state index contributed by atoms with van der Waals surface area (Å²) in [4.78, 5) is 28.0. The molecule has 11 heteroatoms. The van der Waals surface area contributed by atoms with Crippen molar-refractivity contribution in [1.29, 1.82) is 0 Å². The number of nitrogens with zero attached hydrogens (tertiary/aromatic N) is 2. The number of carbonyl (C=O) groups excluding carboxylic acids is 2. The molecule has 1 atom stereocenters. The van der Waals surface area contributed by atoms with E-state index in [-0.39, 0.29) is 43.8 Å². The highest BCUT2D eigenvalue weighted by Crippen LogP contribution is 2.30. The van der Waals surface area contributed by atoms with Crippen LogP contribution in [0.25, 0.3) is 0 Å². The monoisotopic (exact) mass is 571 g/mol. The van der Waals surface area contributed by atoms with Crippen molar-refractivity contribution in [3.05, 3.63) is 58.1 Å². The molecule has 1 N–H and O–H groups in total. The summed E-state index contributed by atoms with van der Waals surface area (Å²) in [6, 6.07) is 11.0. The second kappa shape index (κ2) is 13.9. The van der Waals surface area contributed by atoms with E-state index in [0.29, 0.717) is 33.5 Å². The molecule has 0 unspecified atom stereocenters. The average molecular weight is 573 g/mol. The van der Waals surface area contributed by atoms with Crippen LogP contribution in [0.1, 0.15) is 45.6 Å². The Morgan fingerprint density at radius 3 is 2.22 bits per heavy atom. The molecular formula is C26H35Cl2N3O5S. The summed E-state index contributed by atoms with van der Waals surface area (Å²) in [7, 11) is -2.18. The predicted octanol–water partition coefficient (Wildman–Crippen LogP) is 4.88. The number of sulfonamides is 1. The number of benzene rings is 2. The summed E-state index contributed by atoms with van der Waals surface area (Å²) in [5.74, 6) is -0.179. The van der Waals surface area contributed by atoms with Gasteiger partial charge in [0.05, 0.1) is 19.1 Å². The van der Waals surface area contributed by atoms with Gasteiger partial charge in [-0.05, 0) is 51.0 Å².